The van der Waals surface area contributed by atoms with E-state index in [-0.39, 0.29) is 5.91 Å². The summed E-state index contributed by atoms with van der Waals surface area (Å²) in [5, 5.41) is 3.33. The Labute approximate surface area is 126 Å². The summed E-state index contributed by atoms with van der Waals surface area (Å²) in [6.07, 6.45) is 4.57. The van der Waals surface area contributed by atoms with Gasteiger partial charge in [0.05, 0.1) is 5.75 Å². The highest BCUT2D eigenvalue weighted by molar-refractivity contribution is 8.00. The molecule has 0 aromatic heterocycles. The van der Waals surface area contributed by atoms with E-state index in [0.29, 0.717) is 17.8 Å². The second-order valence-electron chi connectivity index (χ2n) is 5.40. The Morgan fingerprint density at radius 3 is 2.50 bits per heavy atom. The number of hydrogen-bond donors (Lipinski definition) is 1. The molecule has 1 fully saturated rings. The molecule has 0 heterocycles. The summed E-state index contributed by atoms with van der Waals surface area (Å²) >= 11 is 1.62. The minimum atomic E-state index is 0.242. The summed E-state index contributed by atoms with van der Waals surface area (Å²) in [6.45, 7) is 0. The highest BCUT2D eigenvalue weighted by atomic mass is 32.2. The molecule has 1 aromatic rings. The number of benzene rings is 1. The molecule has 2 rings (SSSR count). The van der Waals surface area contributed by atoms with Crippen molar-refractivity contribution in [2.75, 3.05) is 19.8 Å². The normalized spacial score (nSPS) is 22.5. The highest BCUT2D eigenvalue weighted by Crippen LogP contribution is 2.24. The van der Waals surface area contributed by atoms with E-state index >= 15 is 0 Å². The molecule has 1 amide bonds. The molecule has 3 nitrogen and oxygen atoms in total. The molecule has 1 saturated carbocycles. The first-order chi connectivity index (χ1) is 9.70. The number of carbonyl (C=O) groups excluding carboxylic acids is 1. The lowest BCUT2D eigenvalue weighted by Crippen LogP contribution is -2.43. The lowest BCUT2D eigenvalue weighted by molar-refractivity contribution is -0.129. The summed E-state index contributed by atoms with van der Waals surface area (Å²) in [6, 6.07) is 11.2. The van der Waals surface area contributed by atoms with Crippen LogP contribution >= 0.6 is 11.8 Å². The Hall–Kier alpha value is -1.00. The molecule has 20 heavy (non-hydrogen) atoms. The molecule has 0 spiro atoms. The molecule has 1 aliphatic carbocycles. The SMILES string of the molecule is CNC1CCC(N(C)C(=O)CSc2ccccc2)CC1. The van der Waals surface area contributed by atoms with Crippen LogP contribution in [-0.2, 0) is 4.79 Å². The third kappa shape index (κ3) is 4.25. The van der Waals surface area contributed by atoms with Gasteiger partial charge in [-0.1, -0.05) is 18.2 Å². The molecular formula is C16H24N2OS. The molecule has 0 radical (unpaired) electrons. The smallest absolute Gasteiger partial charge is 0.232 e. The molecule has 1 N–H and O–H groups in total. The summed E-state index contributed by atoms with van der Waals surface area (Å²) in [5.41, 5.74) is 0. The fraction of sp³-hybridized carbons (Fsp3) is 0.562. The van der Waals surface area contributed by atoms with Gasteiger partial charge in [-0.05, 0) is 44.9 Å². The Morgan fingerprint density at radius 2 is 1.90 bits per heavy atom. The van der Waals surface area contributed by atoms with Gasteiger partial charge in [0.1, 0.15) is 0 Å². The third-order valence-electron chi connectivity index (χ3n) is 4.15. The number of amides is 1. The van der Waals surface area contributed by atoms with Gasteiger partial charge in [-0.3, -0.25) is 4.79 Å². The van der Waals surface area contributed by atoms with Crippen LogP contribution in [0.4, 0.5) is 0 Å². The Bertz CT molecular complexity index is 416. The average molecular weight is 292 g/mol. The van der Waals surface area contributed by atoms with E-state index in [4.69, 9.17) is 0 Å². The van der Waals surface area contributed by atoms with E-state index in [1.807, 2.05) is 37.2 Å². The predicted molar refractivity (Wildman–Crippen MR) is 85.0 cm³/mol. The number of nitrogens with zero attached hydrogens (tertiary/aromatic N) is 1. The van der Waals surface area contributed by atoms with E-state index < -0.39 is 0 Å². The average Bonchev–Trinajstić information content (AvgIpc) is 2.53. The van der Waals surface area contributed by atoms with Crippen LogP contribution in [0.2, 0.25) is 0 Å². The molecule has 0 atom stereocenters. The second-order valence-corrected chi connectivity index (χ2v) is 6.45. The number of hydrogen-bond acceptors (Lipinski definition) is 3. The molecular weight excluding hydrogens is 268 g/mol. The van der Waals surface area contributed by atoms with E-state index in [1.54, 1.807) is 11.8 Å². The van der Waals surface area contributed by atoms with Gasteiger partial charge in [-0.25, -0.2) is 0 Å². The largest absolute Gasteiger partial charge is 0.342 e. The van der Waals surface area contributed by atoms with Crippen molar-refractivity contribution in [1.82, 2.24) is 10.2 Å². The van der Waals surface area contributed by atoms with Crippen molar-refractivity contribution in [2.24, 2.45) is 0 Å². The summed E-state index contributed by atoms with van der Waals surface area (Å²) < 4.78 is 0. The first-order valence-corrected chi connectivity index (χ1v) is 8.30. The van der Waals surface area contributed by atoms with Crippen LogP contribution in [0.1, 0.15) is 25.7 Å². The minimum absolute atomic E-state index is 0.242. The zero-order valence-corrected chi connectivity index (χ0v) is 13.2. The lowest BCUT2D eigenvalue weighted by atomic mass is 9.90. The monoisotopic (exact) mass is 292 g/mol. The molecule has 1 aliphatic rings. The van der Waals surface area contributed by atoms with Crippen LogP contribution in [0.15, 0.2) is 35.2 Å². The van der Waals surface area contributed by atoms with Crippen LogP contribution in [-0.4, -0.2) is 42.7 Å². The maximum absolute atomic E-state index is 12.3. The first kappa shape index (κ1) is 15.4. The van der Waals surface area contributed by atoms with E-state index in [0.717, 1.165) is 17.7 Å². The molecule has 110 valence electrons. The number of carbonyl (C=O) groups is 1. The number of thioether (sulfide) groups is 1. The highest BCUT2D eigenvalue weighted by Gasteiger charge is 2.25. The molecule has 4 heteroatoms. The molecule has 0 aliphatic heterocycles. The van der Waals surface area contributed by atoms with E-state index in [9.17, 15) is 4.79 Å². The van der Waals surface area contributed by atoms with Gasteiger partial charge in [0.25, 0.3) is 0 Å². The van der Waals surface area contributed by atoms with Gasteiger partial charge in [0.15, 0.2) is 0 Å². The molecule has 0 bridgehead atoms. The van der Waals surface area contributed by atoms with Crippen molar-refractivity contribution in [3.8, 4) is 0 Å². The van der Waals surface area contributed by atoms with Gasteiger partial charge in [-0.15, -0.1) is 11.8 Å². The zero-order valence-electron chi connectivity index (χ0n) is 12.3. The van der Waals surface area contributed by atoms with E-state index in [1.165, 1.54) is 12.8 Å². The van der Waals surface area contributed by atoms with Gasteiger partial charge < -0.3 is 10.2 Å². The lowest BCUT2D eigenvalue weighted by Gasteiger charge is -2.34. The van der Waals surface area contributed by atoms with Crippen molar-refractivity contribution < 1.29 is 4.79 Å². The fourth-order valence-corrected chi connectivity index (χ4v) is 3.56. The van der Waals surface area contributed by atoms with E-state index in [2.05, 4.69) is 17.4 Å². The van der Waals surface area contributed by atoms with Gasteiger partial charge in [0, 0.05) is 24.0 Å². The van der Waals surface area contributed by atoms with Crippen LogP contribution in [0.5, 0.6) is 0 Å². The standard InChI is InChI=1S/C16H24N2OS/c1-17-13-8-10-14(11-9-13)18(2)16(19)12-20-15-6-4-3-5-7-15/h3-7,13-14,17H,8-12H2,1-2H3. The Kier molecular flexibility index (Phi) is 5.92. The van der Waals surface area contributed by atoms with Gasteiger partial charge in [-0.2, -0.15) is 0 Å². The summed E-state index contributed by atoms with van der Waals surface area (Å²) in [5.74, 6) is 0.777. The molecule has 1 aromatic carbocycles. The Morgan fingerprint density at radius 1 is 1.25 bits per heavy atom. The maximum Gasteiger partial charge on any atom is 0.232 e. The van der Waals surface area contributed by atoms with Crippen molar-refractivity contribution in [1.29, 1.82) is 0 Å². The molecule has 0 unspecified atom stereocenters. The van der Waals surface area contributed by atoms with Gasteiger partial charge in [0.2, 0.25) is 5.91 Å². The minimum Gasteiger partial charge on any atom is -0.342 e. The number of nitrogens with one attached hydrogen (secondary N) is 1. The van der Waals surface area contributed by atoms with Crippen LogP contribution in [0.3, 0.4) is 0 Å². The van der Waals surface area contributed by atoms with Crippen molar-refractivity contribution in [3.63, 3.8) is 0 Å². The quantitative estimate of drug-likeness (QED) is 0.847. The topological polar surface area (TPSA) is 32.3 Å². The second kappa shape index (κ2) is 7.70. The fourth-order valence-electron chi connectivity index (χ4n) is 2.72. The van der Waals surface area contributed by atoms with Crippen LogP contribution in [0.25, 0.3) is 0 Å². The van der Waals surface area contributed by atoms with Crippen molar-refractivity contribution in [2.45, 2.75) is 42.7 Å². The maximum atomic E-state index is 12.3. The van der Waals surface area contributed by atoms with Gasteiger partial charge >= 0.3 is 0 Å². The predicted octanol–water partition coefficient (Wildman–Crippen LogP) is 2.77. The zero-order chi connectivity index (χ0) is 14.4. The van der Waals surface area contributed by atoms with Crippen LogP contribution < -0.4 is 5.32 Å². The summed E-state index contributed by atoms with van der Waals surface area (Å²) in [7, 11) is 3.98. The molecule has 0 saturated heterocycles. The number of rotatable bonds is 5. The first-order valence-electron chi connectivity index (χ1n) is 7.31. The summed E-state index contributed by atoms with van der Waals surface area (Å²) in [4.78, 5) is 15.4. The Balaban J connectivity index is 1.77. The van der Waals surface area contributed by atoms with Crippen molar-refractivity contribution in [3.05, 3.63) is 30.3 Å². The van der Waals surface area contributed by atoms with Crippen molar-refractivity contribution >= 4 is 17.7 Å². The van der Waals surface area contributed by atoms with Crippen LogP contribution in [0, 0.1) is 0 Å². The third-order valence-corrected chi connectivity index (χ3v) is 5.15.